The maximum atomic E-state index is 13.0. The van der Waals surface area contributed by atoms with E-state index in [9.17, 15) is 4.79 Å². The number of rotatable bonds is 4. The molecule has 3 heterocycles. The number of hydrogen-bond donors (Lipinski definition) is 0. The summed E-state index contributed by atoms with van der Waals surface area (Å²) in [6, 6.07) is 10.3. The minimum absolute atomic E-state index is 0.118. The maximum Gasteiger partial charge on any atom is 0.293 e. The highest BCUT2D eigenvalue weighted by Crippen LogP contribution is 2.23. The van der Waals surface area contributed by atoms with E-state index in [1.54, 1.807) is 17.2 Å². The van der Waals surface area contributed by atoms with E-state index < -0.39 is 0 Å². The Kier molecular flexibility index (Phi) is 5.00. The molecule has 7 nitrogen and oxygen atoms in total. The Bertz CT molecular complexity index is 936. The molecule has 1 aromatic carbocycles. The quantitative estimate of drug-likeness (QED) is 0.697. The van der Waals surface area contributed by atoms with Gasteiger partial charge in [0, 0.05) is 19.1 Å². The molecule has 1 aliphatic rings. The van der Waals surface area contributed by atoms with Gasteiger partial charge in [-0.05, 0) is 52.1 Å². The van der Waals surface area contributed by atoms with Crippen LogP contribution in [0.4, 0.5) is 0 Å². The van der Waals surface area contributed by atoms with Gasteiger partial charge in [-0.15, -0.1) is 5.10 Å². The lowest BCUT2D eigenvalue weighted by molar-refractivity contribution is 0.0651. The number of benzene rings is 1. The molecule has 0 bridgehead atoms. The normalized spacial score (nSPS) is 15.4. The first kappa shape index (κ1) is 18.4. The highest BCUT2D eigenvalue weighted by Gasteiger charge is 2.28. The SMILES string of the molecule is Cc1ccc(-n2nc(C(=O)N3CCC(N(C)C)CC3)nc2-c2ccoc2)cc1. The Labute approximate surface area is 164 Å². The largest absolute Gasteiger partial charge is 0.472 e. The monoisotopic (exact) mass is 379 g/mol. The summed E-state index contributed by atoms with van der Waals surface area (Å²) in [6.45, 7) is 3.48. The zero-order chi connectivity index (χ0) is 19.7. The van der Waals surface area contributed by atoms with Gasteiger partial charge in [0.1, 0.15) is 6.26 Å². The number of piperidine rings is 1. The van der Waals surface area contributed by atoms with Crippen molar-refractivity contribution < 1.29 is 9.21 Å². The Morgan fingerprint density at radius 1 is 1.14 bits per heavy atom. The summed E-state index contributed by atoms with van der Waals surface area (Å²) in [5.74, 6) is 0.706. The molecular weight excluding hydrogens is 354 g/mol. The smallest absolute Gasteiger partial charge is 0.293 e. The van der Waals surface area contributed by atoms with Gasteiger partial charge < -0.3 is 14.2 Å². The second-order valence-corrected chi connectivity index (χ2v) is 7.51. The van der Waals surface area contributed by atoms with Crippen LogP contribution in [-0.2, 0) is 0 Å². The van der Waals surface area contributed by atoms with Gasteiger partial charge in [-0.2, -0.15) is 0 Å². The van der Waals surface area contributed by atoms with Gasteiger partial charge in [0.25, 0.3) is 5.91 Å². The van der Waals surface area contributed by atoms with E-state index in [-0.39, 0.29) is 11.7 Å². The maximum absolute atomic E-state index is 13.0. The van der Waals surface area contributed by atoms with Crippen LogP contribution in [0.1, 0.15) is 29.0 Å². The number of amides is 1. The molecule has 0 aliphatic carbocycles. The molecule has 7 heteroatoms. The van der Waals surface area contributed by atoms with Gasteiger partial charge in [-0.1, -0.05) is 17.7 Å². The van der Waals surface area contributed by atoms with Crippen LogP contribution >= 0.6 is 0 Å². The fourth-order valence-corrected chi connectivity index (χ4v) is 3.57. The van der Waals surface area contributed by atoms with E-state index >= 15 is 0 Å². The number of aromatic nitrogens is 3. The highest BCUT2D eigenvalue weighted by molar-refractivity contribution is 5.91. The van der Waals surface area contributed by atoms with Crippen LogP contribution in [0.15, 0.2) is 47.3 Å². The molecule has 1 amide bonds. The zero-order valence-electron chi connectivity index (χ0n) is 16.5. The first-order valence-corrected chi connectivity index (χ1v) is 9.55. The minimum atomic E-state index is -0.118. The van der Waals surface area contributed by atoms with Crippen molar-refractivity contribution in [3.63, 3.8) is 0 Å². The van der Waals surface area contributed by atoms with E-state index in [0.717, 1.165) is 42.7 Å². The summed E-state index contributed by atoms with van der Waals surface area (Å²) in [5, 5.41) is 4.56. The van der Waals surface area contributed by atoms with Gasteiger partial charge in [-0.25, -0.2) is 9.67 Å². The van der Waals surface area contributed by atoms with Crippen LogP contribution in [0.5, 0.6) is 0 Å². The molecule has 3 aromatic rings. The third-order valence-electron chi connectivity index (χ3n) is 5.34. The number of aryl methyl sites for hydroxylation is 1. The van der Waals surface area contributed by atoms with E-state index in [1.807, 2.05) is 42.2 Å². The molecule has 28 heavy (non-hydrogen) atoms. The third kappa shape index (κ3) is 3.57. The molecule has 1 aliphatic heterocycles. The Balaban J connectivity index is 1.64. The standard InChI is InChI=1S/C21H25N5O2/c1-15-4-6-18(7-5-15)26-20(16-10-13-28-14-16)22-19(23-26)21(27)25-11-8-17(9-12-25)24(2)3/h4-7,10,13-14,17H,8-9,11-12H2,1-3H3. The van der Waals surface area contributed by atoms with Crippen molar-refractivity contribution in [3.05, 3.63) is 54.2 Å². The van der Waals surface area contributed by atoms with Crippen LogP contribution in [0, 0.1) is 6.92 Å². The Hall–Kier alpha value is -2.93. The van der Waals surface area contributed by atoms with Crippen molar-refractivity contribution in [3.8, 4) is 17.1 Å². The van der Waals surface area contributed by atoms with Crippen LogP contribution in [-0.4, -0.2) is 63.7 Å². The molecule has 1 saturated heterocycles. The number of likely N-dealkylation sites (tertiary alicyclic amines) is 1. The fraction of sp³-hybridized carbons (Fsp3) is 0.381. The number of furan rings is 1. The predicted octanol–water partition coefficient (Wildman–Crippen LogP) is 3.00. The van der Waals surface area contributed by atoms with Crippen LogP contribution in [0.3, 0.4) is 0 Å². The lowest BCUT2D eigenvalue weighted by Gasteiger charge is -2.34. The average molecular weight is 379 g/mol. The third-order valence-corrected chi connectivity index (χ3v) is 5.34. The van der Waals surface area contributed by atoms with Crippen molar-refractivity contribution in [2.75, 3.05) is 27.2 Å². The summed E-state index contributed by atoms with van der Waals surface area (Å²) in [7, 11) is 4.17. The van der Waals surface area contributed by atoms with E-state index in [1.165, 1.54) is 0 Å². The number of carbonyl (C=O) groups excluding carboxylic acids is 1. The molecule has 146 valence electrons. The summed E-state index contributed by atoms with van der Waals surface area (Å²) >= 11 is 0. The molecule has 0 N–H and O–H groups in total. The molecule has 0 radical (unpaired) electrons. The molecule has 1 fully saturated rings. The molecule has 0 saturated carbocycles. The van der Waals surface area contributed by atoms with Crippen LogP contribution in [0.2, 0.25) is 0 Å². The fourth-order valence-electron chi connectivity index (χ4n) is 3.57. The van der Waals surface area contributed by atoms with Crippen molar-refractivity contribution in [1.29, 1.82) is 0 Å². The van der Waals surface area contributed by atoms with E-state index in [0.29, 0.717) is 11.9 Å². The number of carbonyl (C=O) groups is 1. The molecule has 0 unspecified atom stereocenters. The Morgan fingerprint density at radius 3 is 2.46 bits per heavy atom. The summed E-state index contributed by atoms with van der Waals surface area (Å²) in [6.07, 6.45) is 5.14. The molecule has 0 spiro atoms. The minimum Gasteiger partial charge on any atom is -0.472 e. The van der Waals surface area contributed by atoms with Gasteiger partial charge in [0.15, 0.2) is 5.82 Å². The molecular formula is C21H25N5O2. The lowest BCUT2D eigenvalue weighted by Crippen LogP contribution is -2.44. The topological polar surface area (TPSA) is 67.4 Å². The predicted molar refractivity (Wildman–Crippen MR) is 106 cm³/mol. The van der Waals surface area contributed by atoms with Crippen molar-refractivity contribution in [1.82, 2.24) is 24.6 Å². The van der Waals surface area contributed by atoms with Gasteiger partial charge >= 0.3 is 0 Å². The van der Waals surface area contributed by atoms with Crippen molar-refractivity contribution in [2.45, 2.75) is 25.8 Å². The highest BCUT2D eigenvalue weighted by atomic mass is 16.3. The average Bonchev–Trinajstić information content (AvgIpc) is 3.38. The number of hydrogen-bond acceptors (Lipinski definition) is 5. The van der Waals surface area contributed by atoms with Crippen molar-refractivity contribution >= 4 is 5.91 Å². The zero-order valence-corrected chi connectivity index (χ0v) is 16.5. The van der Waals surface area contributed by atoms with Crippen molar-refractivity contribution in [2.24, 2.45) is 0 Å². The van der Waals surface area contributed by atoms with E-state index in [4.69, 9.17) is 4.42 Å². The Morgan fingerprint density at radius 2 is 1.86 bits per heavy atom. The molecule has 2 aromatic heterocycles. The second kappa shape index (κ2) is 7.59. The first-order chi connectivity index (χ1) is 13.5. The van der Waals surface area contributed by atoms with Crippen LogP contribution in [0.25, 0.3) is 17.1 Å². The molecule has 0 atom stereocenters. The van der Waals surface area contributed by atoms with Crippen LogP contribution < -0.4 is 0 Å². The van der Waals surface area contributed by atoms with Gasteiger partial charge in [-0.3, -0.25) is 4.79 Å². The summed E-state index contributed by atoms with van der Waals surface area (Å²) in [4.78, 5) is 21.7. The second-order valence-electron chi connectivity index (χ2n) is 7.51. The lowest BCUT2D eigenvalue weighted by atomic mass is 10.0. The first-order valence-electron chi connectivity index (χ1n) is 9.55. The molecule has 4 rings (SSSR count). The summed E-state index contributed by atoms with van der Waals surface area (Å²) < 4.78 is 6.93. The van der Waals surface area contributed by atoms with E-state index in [2.05, 4.69) is 29.1 Å². The van der Waals surface area contributed by atoms with Gasteiger partial charge in [0.2, 0.25) is 5.82 Å². The number of nitrogens with zero attached hydrogens (tertiary/aromatic N) is 5. The summed E-state index contributed by atoms with van der Waals surface area (Å²) in [5.41, 5.74) is 2.81. The van der Waals surface area contributed by atoms with Gasteiger partial charge in [0.05, 0.1) is 17.5 Å².